The molecule has 0 aliphatic heterocycles. The lowest BCUT2D eigenvalue weighted by atomic mass is 10.2. The van der Waals surface area contributed by atoms with E-state index < -0.39 is 0 Å². The lowest BCUT2D eigenvalue weighted by Crippen LogP contribution is -2.22. The number of hydroxylamine groups is 1. The van der Waals surface area contributed by atoms with Crippen LogP contribution in [0.5, 0.6) is 0 Å². The van der Waals surface area contributed by atoms with E-state index in [4.69, 9.17) is 10.1 Å². The number of nitrogens with zero attached hydrogens (tertiary/aromatic N) is 2. The molecule has 0 aliphatic rings. The lowest BCUT2D eigenvalue weighted by Gasteiger charge is -2.21. The summed E-state index contributed by atoms with van der Waals surface area (Å²) >= 11 is 0. The Morgan fingerprint density at radius 3 is 2.79 bits per heavy atom. The molecule has 0 bridgehead atoms. The van der Waals surface area contributed by atoms with Crippen molar-refractivity contribution in [1.29, 1.82) is 5.26 Å². The molecule has 3 nitrogen and oxygen atoms in total. The first-order valence-corrected chi connectivity index (χ1v) is 4.72. The number of hydrogen-bond donors (Lipinski definition) is 0. The summed E-state index contributed by atoms with van der Waals surface area (Å²) in [7, 11) is 0. The van der Waals surface area contributed by atoms with Crippen LogP contribution in [-0.4, -0.2) is 13.2 Å². The van der Waals surface area contributed by atoms with Gasteiger partial charge in [-0.3, -0.25) is 9.90 Å². The van der Waals surface area contributed by atoms with Gasteiger partial charge in [0.15, 0.2) is 0 Å². The van der Waals surface area contributed by atoms with E-state index in [1.165, 1.54) is 0 Å². The minimum atomic E-state index is 0.630. The van der Waals surface area contributed by atoms with Crippen LogP contribution in [0.3, 0.4) is 0 Å². The summed E-state index contributed by atoms with van der Waals surface area (Å²) in [5, 5.41) is 10.5. The Bertz CT molecular complexity index is 330. The van der Waals surface area contributed by atoms with Crippen molar-refractivity contribution >= 4 is 5.69 Å². The molecule has 0 fully saturated rings. The Labute approximate surface area is 84.5 Å². The Hall–Kier alpha value is -1.53. The van der Waals surface area contributed by atoms with Crippen LogP contribution in [0.4, 0.5) is 5.69 Å². The van der Waals surface area contributed by atoms with E-state index in [1.54, 1.807) is 11.1 Å². The third kappa shape index (κ3) is 2.48. The third-order valence-corrected chi connectivity index (χ3v) is 1.84. The molecule has 1 aromatic rings. The van der Waals surface area contributed by atoms with Crippen LogP contribution < -0.4 is 5.06 Å². The first-order valence-electron chi connectivity index (χ1n) is 4.72. The second kappa shape index (κ2) is 5.25. The molecule has 0 radical (unpaired) electrons. The molecule has 0 aliphatic carbocycles. The molecule has 0 saturated heterocycles. The van der Waals surface area contributed by atoms with Crippen LogP contribution >= 0.6 is 0 Å². The predicted octanol–water partition coefficient (Wildman–Crippen LogP) is 2.34. The predicted molar refractivity (Wildman–Crippen MR) is 55.8 cm³/mol. The summed E-state index contributed by atoms with van der Waals surface area (Å²) < 4.78 is 0. The quantitative estimate of drug-likeness (QED) is 0.684. The van der Waals surface area contributed by atoms with E-state index in [0.29, 0.717) is 12.2 Å². The molecule has 1 rings (SSSR count). The standard InChI is InChI=1S/C11H14N2O/c1-3-13(14-4-2)11-7-5-6-10(8-11)9-12/h5-8H,3-4H2,1-2H3. The fourth-order valence-corrected chi connectivity index (χ4v) is 1.23. The van der Waals surface area contributed by atoms with Gasteiger partial charge in [-0.2, -0.15) is 5.26 Å². The summed E-state index contributed by atoms with van der Waals surface area (Å²) in [6.07, 6.45) is 0. The van der Waals surface area contributed by atoms with Gasteiger partial charge in [0.25, 0.3) is 0 Å². The van der Waals surface area contributed by atoms with E-state index in [0.717, 1.165) is 12.2 Å². The first kappa shape index (κ1) is 10.6. The molecule has 14 heavy (non-hydrogen) atoms. The van der Waals surface area contributed by atoms with Gasteiger partial charge in [0.2, 0.25) is 0 Å². The van der Waals surface area contributed by atoms with E-state index in [2.05, 4.69) is 6.07 Å². The van der Waals surface area contributed by atoms with Crippen LogP contribution in [0.25, 0.3) is 0 Å². The molecular formula is C11H14N2O. The maximum atomic E-state index is 8.74. The van der Waals surface area contributed by atoms with Crippen molar-refractivity contribution in [3.8, 4) is 6.07 Å². The zero-order valence-corrected chi connectivity index (χ0v) is 8.53. The van der Waals surface area contributed by atoms with E-state index in [9.17, 15) is 0 Å². The highest BCUT2D eigenvalue weighted by atomic mass is 16.7. The highest BCUT2D eigenvalue weighted by Gasteiger charge is 2.03. The molecule has 0 unspecified atom stereocenters. The topological polar surface area (TPSA) is 36.3 Å². The smallest absolute Gasteiger partial charge is 0.0992 e. The van der Waals surface area contributed by atoms with Gasteiger partial charge in [-0.25, -0.2) is 0 Å². The number of benzene rings is 1. The second-order valence-electron chi connectivity index (χ2n) is 2.77. The maximum absolute atomic E-state index is 8.74. The molecule has 0 aromatic heterocycles. The van der Waals surface area contributed by atoms with Gasteiger partial charge in [-0.1, -0.05) is 6.07 Å². The van der Waals surface area contributed by atoms with Crippen molar-refractivity contribution in [1.82, 2.24) is 0 Å². The average Bonchev–Trinajstić information content (AvgIpc) is 2.26. The zero-order valence-electron chi connectivity index (χ0n) is 8.53. The number of anilines is 1. The number of nitriles is 1. The van der Waals surface area contributed by atoms with Gasteiger partial charge in [0.1, 0.15) is 0 Å². The summed E-state index contributed by atoms with van der Waals surface area (Å²) in [4.78, 5) is 5.40. The highest BCUT2D eigenvalue weighted by Crippen LogP contribution is 2.15. The van der Waals surface area contributed by atoms with Crippen molar-refractivity contribution in [3.05, 3.63) is 29.8 Å². The minimum absolute atomic E-state index is 0.630. The molecule has 3 heteroatoms. The number of hydrogen-bond acceptors (Lipinski definition) is 3. The summed E-state index contributed by atoms with van der Waals surface area (Å²) in [5.41, 5.74) is 1.58. The summed E-state index contributed by atoms with van der Waals surface area (Å²) in [5.74, 6) is 0. The first-order chi connectivity index (χ1) is 6.81. The van der Waals surface area contributed by atoms with Crippen molar-refractivity contribution < 1.29 is 4.84 Å². The maximum Gasteiger partial charge on any atom is 0.0992 e. The van der Waals surface area contributed by atoms with E-state index in [-0.39, 0.29) is 0 Å². The molecule has 0 saturated carbocycles. The van der Waals surface area contributed by atoms with Crippen molar-refractivity contribution in [2.75, 3.05) is 18.2 Å². The normalized spacial score (nSPS) is 9.50. The Morgan fingerprint density at radius 1 is 1.43 bits per heavy atom. The average molecular weight is 190 g/mol. The largest absolute Gasteiger partial charge is 0.274 e. The van der Waals surface area contributed by atoms with Gasteiger partial charge >= 0.3 is 0 Å². The molecular weight excluding hydrogens is 176 g/mol. The van der Waals surface area contributed by atoms with E-state index >= 15 is 0 Å². The van der Waals surface area contributed by atoms with Crippen molar-refractivity contribution in [3.63, 3.8) is 0 Å². The van der Waals surface area contributed by atoms with Crippen LogP contribution in [0, 0.1) is 11.3 Å². The summed E-state index contributed by atoms with van der Waals surface area (Å²) in [6, 6.07) is 9.49. The van der Waals surface area contributed by atoms with Crippen molar-refractivity contribution in [2.24, 2.45) is 0 Å². The molecule has 0 atom stereocenters. The van der Waals surface area contributed by atoms with Gasteiger partial charge in [0.05, 0.1) is 23.9 Å². The van der Waals surface area contributed by atoms with Crippen LogP contribution in [0.15, 0.2) is 24.3 Å². The van der Waals surface area contributed by atoms with Crippen LogP contribution in [0.2, 0.25) is 0 Å². The van der Waals surface area contributed by atoms with Crippen molar-refractivity contribution in [2.45, 2.75) is 13.8 Å². The van der Waals surface area contributed by atoms with Gasteiger partial charge in [-0.15, -0.1) is 0 Å². The highest BCUT2D eigenvalue weighted by molar-refractivity contribution is 5.49. The Kier molecular flexibility index (Phi) is 3.96. The monoisotopic (exact) mass is 190 g/mol. The molecule has 0 spiro atoms. The minimum Gasteiger partial charge on any atom is -0.274 e. The molecule has 74 valence electrons. The Morgan fingerprint density at radius 2 is 2.21 bits per heavy atom. The fraction of sp³-hybridized carbons (Fsp3) is 0.364. The number of rotatable bonds is 4. The zero-order chi connectivity index (χ0) is 10.4. The van der Waals surface area contributed by atoms with Crippen LogP contribution in [-0.2, 0) is 4.84 Å². The fourth-order valence-electron chi connectivity index (χ4n) is 1.23. The lowest BCUT2D eigenvalue weighted by molar-refractivity contribution is 0.123. The molecule has 0 amide bonds. The van der Waals surface area contributed by atoms with E-state index in [1.807, 2.05) is 32.0 Å². The molecule has 0 N–H and O–H groups in total. The second-order valence-corrected chi connectivity index (χ2v) is 2.77. The molecule has 0 heterocycles. The molecule has 1 aromatic carbocycles. The van der Waals surface area contributed by atoms with Crippen LogP contribution in [0.1, 0.15) is 19.4 Å². The Balaban J connectivity index is 2.87. The van der Waals surface area contributed by atoms with Gasteiger partial charge in [0, 0.05) is 6.54 Å². The third-order valence-electron chi connectivity index (χ3n) is 1.84. The summed E-state index contributed by atoms with van der Waals surface area (Å²) in [6.45, 7) is 5.35. The SMILES string of the molecule is CCON(CC)c1cccc(C#N)c1. The van der Waals surface area contributed by atoms with Gasteiger partial charge < -0.3 is 0 Å². The van der Waals surface area contributed by atoms with Gasteiger partial charge in [-0.05, 0) is 32.0 Å².